The summed E-state index contributed by atoms with van der Waals surface area (Å²) in [6.45, 7) is 6.93. The summed E-state index contributed by atoms with van der Waals surface area (Å²) in [6.07, 6.45) is 4.57. The summed E-state index contributed by atoms with van der Waals surface area (Å²) < 4.78 is 13.6. The highest BCUT2D eigenvalue weighted by Crippen LogP contribution is 2.23. The molecule has 0 saturated heterocycles. The van der Waals surface area contributed by atoms with Crippen LogP contribution in [0.5, 0.6) is 0 Å². The minimum atomic E-state index is -0.578. The van der Waals surface area contributed by atoms with Crippen molar-refractivity contribution in [2.45, 2.75) is 46.5 Å². The van der Waals surface area contributed by atoms with Crippen molar-refractivity contribution in [3.05, 3.63) is 29.6 Å². The molecule has 0 bridgehead atoms. The molecule has 0 aliphatic carbocycles. The van der Waals surface area contributed by atoms with Crippen LogP contribution in [-0.2, 0) is 0 Å². The number of nitrogens with one attached hydrogen (secondary N) is 1. The number of carbonyl (C=O) groups excluding carboxylic acids is 1. The average Bonchev–Trinajstić information content (AvgIpc) is 2.36. The summed E-state index contributed by atoms with van der Waals surface area (Å²) in [6, 6.07) is 4.12. The second kappa shape index (κ2) is 7.27. The molecule has 3 N–H and O–H groups in total. The monoisotopic (exact) mass is 280 g/mol. The van der Waals surface area contributed by atoms with E-state index in [1.165, 1.54) is 31.0 Å². The molecule has 4 heteroatoms. The summed E-state index contributed by atoms with van der Waals surface area (Å²) in [5.41, 5.74) is 5.85. The van der Waals surface area contributed by atoms with Crippen molar-refractivity contribution in [3.8, 4) is 0 Å². The summed E-state index contributed by atoms with van der Waals surface area (Å²) in [5.74, 6) is -0.961. The second-order valence-corrected chi connectivity index (χ2v) is 6.04. The molecule has 1 aromatic carbocycles. The van der Waals surface area contributed by atoms with Gasteiger partial charge in [0.25, 0.3) is 5.91 Å². The van der Waals surface area contributed by atoms with E-state index in [2.05, 4.69) is 26.1 Å². The van der Waals surface area contributed by atoms with Gasteiger partial charge in [-0.25, -0.2) is 4.39 Å². The Morgan fingerprint density at radius 2 is 2.05 bits per heavy atom. The summed E-state index contributed by atoms with van der Waals surface area (Å²) >= 11 is 0. The van der Waals surface area contributed by atoms with E-state index < -0.39 is 5.82 Å². The molecule has 0 spiro atoms. The standard InChI is InChI=1S/C16H25FN2O/c1-4-5-6-9-16(2,3)11-19-15(20)13-8-7-12(18)10-14(13)17/h7-8,10H,4-6,9,11,18H2,1-3H3,(H,19,20). The van der Waals surface area contributed by atoms with Gasteiger partial charge in [-0.15, -0.1) is 0 Å². The van der Waals surface area contributed by atoms with Crippen LogP contribution in [0.25, 0.3) is 0 Å². The van der Waals surface area contributed by atoms with Gasteiger partial charge in [0.2, 0.25) is 0 Å². The highest BCUT2D eigenvalue weighted by molar-refractivity contribution is 5.94. The summed E-state index contributed by atoms with van der Waals surface area (Å²) in [7, 11) is 0. The van der Waals surface area contributed by atoms with Crippen LogP contribution in [0.15, 0.2) is 18.2 Å². The van der Waals surface area contributed by atoms with Crippen molar-refractivity contribution < 1.29 is 9.18 Å². The van der Waals surface area contributed by atoms with E-state index in [0.717, 1.165) is 12.8 Å². The molecule has 0 aliphatic heterocycles. The Bertz CT molecular complexity index is 458. The zero-order valence-electron chi connectivity index (χ0n) is 12.6. The van der Waals surface area contributed by atoms with Crippen molar-refractivity contribution in [2.24, 2.45) is 5.41 Å². The quantitative estimate of drug-likeness (QED) is 0.590. The van der Waals surface area contributed by atoms with E-state index in [0.29, 0.717) is 12.2 Å². The van der Waals surface area contributed by atoms with Gasteiger partial charge in [0.1, 0.15) is 5.82 Å². The van der Waals surface area contributed by atoms with Gasteiger partial charge in [-0.1, -0.05) is 40.0 Å². The normalized spacial score (nSPS) is 11.4. The van der Waals surface area contributed by atoms with E-state index in [4.69, 9.17) is 5.73 Å². The van der Waals surface area contributed by atoms with Crippen LogP contribution in [0.2, 0.25) is 0 Å². The van der Waals surface area contributed by atoms with Gasteiger partial charge in [-0.2, -0.15) is 0 Å². The van der Waals surface area contributed by atoms with Gasteiger partial charge < -0.3 is 11.1 Å². The minimum absolute atomic E-state index is 0.0229. The SMILES string of the molecule is CCCCCC(C)(C)CNC(=O)c1ccc(N)cc1F. The van der Waals surface area contributed by atoms with E-state index in [9.17, 15) is 9.18 Å². The molecular formula is C16H25FN2O. The number of carbonyl (C=O) groups is 1. The number of amides is 1. The molecule has 0 saturated carbocycles. The van der Waals surface area contributed by atoms with E-state index >= 15 is 0 Å². The number of hydrogen-bond acceptors (Lipinski definition) is 2. The lowest BCUT2D eigenvalue weighted by Crippen LogP contribution is -2.34. The Kier molecular flexibility index (Phi) is 5.99. The van der Waals surface area contributed by atoms with Gasteiger partial charge in [0.05, 0.1) is 5.56 Å². The van der Waals surface area contributed by atoms with Crippen molar-refractivity contribution in [1.29, 1.82) is 0 Å². The first-order chi connectivity index (χ1) is 9.35. The van der Waals surface area contributed by atoms with Gasteiger partial charge in [0.15, 0.2) is 0 Å². The third-order valence-corrected chi connectivity index (χ3v) is 3.42. The molecule has 1 rings (SSSR count). The van der Waals surface area contributed by atoms with Crippen molar-refractivity contribution >= 4 is 11.6 Å². The van der Waals surface area contributed by atoms with Crippen LogP contribution >= 0.6 is 0 Å². The first-order valence-corrected chi connectivity index (χ1v) is 7.19. The largest absolute Gasteiger partial charge is 0.399 e. The Balaban J connectivity index is 2.54. The highest BCUT2D eigenvalue weighted by atomic mass is 19.1. The van der Waals surface area contributed by atoms with Crippen LogP contribution in [0.4, 0.5) is 10.1 Å². The lowest BCUT2D eigenvalue weighted by Gasteiger charge is -2.25. The number of nitrogen functional groups attached to an aromatic ring is 1. The molecular weight excluding hydrogens is 255 g/mol. The molecule has 3 nitrogen and oxygen atoms in total. The lowest BCUT2D eigenvalue weighted by molar-refractivity contribution is 0.0930. The predicted molar refractivity (Wildman–Crippen MR) is 81.1 cm³/mol. The maximum absolute atomic E-state index is 13.6. The van der Waals surface area contributed by atoms with Crippen LogP contribution < -0.4 is 11.1 Å². The number of rotatable bonds is 7. The fourth-order valence-corrected chi connectivity index (χ4v) is 2.07. The molecule has 112 valence electrons. The van der Waals surface area contributed by atoms with E-state index in [-0.39, 0.29) is 16.9 Å². The number of nitrogens with two attached hydrogens (primary N) is 1. The Labute approximate surface area is 120 Å². The molecule has 0 aromatic heterocycles. The fraction of sp³-hybridized carbons (Fsp3) is 0.562. The average molecular weight is 280 g/mol. The molecule has 0 radical (unpaired) electrons. The second-order valence-electron chi connectivity index (χ2n) is 6.04. The first-order valence-electron chi connectivity index (χ1n) is 7.19. The third kappa shape index (κ3) is 5.19. The molecule has 1 aromatic rings. The van der Waals surface area contributed by atoms with Crippen molar-refractivity contribution in [2.75, 3.05) is 12.3 Å². The number of hydrogen-bond donors (Lipinski definition) is 2. The Hall–Kier alpha value is -1.58. The lowest BCUT2D eigenvalue weighted by atomic mass is 9.87. The molecule has 0 aliphatic rings. The number of unbranched alkanes of at least 4 members (excludes halogenated alkanes) is 2. The van der Waals surface area contributed by atoms with Crippen LogP contribution in [0.1, 0.15) is 56.8 Å². The van der Waals surface area contributed by atoms with Crippen LogP contribution in [0, 0.1) is 11.2 Å². The number of anilines is 1. The maximum atomic E-state index is 13.6. The molecule has 0 fully saturated rings. The summed E-state index contributed by atoms with van der Waals surface area (Å²) in [4.78, 5) is 12.0. The Morgan fingerprint density at radius 3 is 2.65 bits per heavy atom. The van der Waals surface area contributed by atoms with Gasteiger partial charge in [-0.05, 0) is 30.0 Å². The molecule has 1 amide bonds. The fourth-order valence-electron chi connectivity index (χ4n) is 2.07. The third-order valence-electron chi connectivity index (χ3n) is 3.42. The molecule has 0 atom stereocenters. The van der Waals surface area contributed by atoms with Crippen molar-refractivity contribution in [3.63, 3.8) is 0 Å². The van der Waals surface area contributed by atoms with E-state index in [1.807, 2.05) is 0 Å². The van der Waals surface area contributed by atoms with Crippen LogP contribution in [0.3, 0.4) is 0 Å². The van der Waals surface area contributed by atoms with E-state index in [1.54, 1.807) is 0 Å². The predicted octanol–water partition coefficient (Wildman–Crippen LogP) is 3.74. The number of benzene rings is 1. The van der Waals surface area contributed by atoms with Gasteiger partial charge in [-0.3, -0.25) is 4.79 Å². The first kappa shape index (κ1) is 16.5. The molecule has 0 heterocycles. The number of halogens is 1. The molecule has 0 unspecified atom stereocenters. The molecule has 20 heavy (non-hydrogen) atoms. The zero-order chi connectivity index (χ0) is 15.2. The van der Waals surface area contributed by atoms with Gasteiger partial charge >= 0.3 is 0 Å². The summed E-state index contributed by atoms with van der Waals surface area (Å²) in [5, 5.41) is 2.81. The Morgan fingerprint density at radius 1 is 1.35 bits per heavy atom. The highest BCUT2D eigenvalue weighted by Gasteiger charge is 2.20. The topological polar surface area (TPSA) is 55.1 Å². The van der Waals surface area contributed by atoms with Crippen LogP contribution in [-0.4, -0.2) is 12.5 Å². The smallest absolute Gasteiger partial charge is 0.254 e. The van der Waals surface area contributed by atoms with Gasteiger partial charge in [0, 0.05) is 12.2 Å². The zero-order valence-corrected chi connectivity index (χ0v) is 12.6. The van der Waals surface area contributed by atoms with Crippen molar-refractivity contribution in [1.82, 2.24) is 5.32 Å². The maximum Gasteiger partial charge on any atom is 0.254 e. The minimum Gasteiger partial charge on any atom is -0.399 e.